The molecule has 0 spiro atoms. The van der Waals surface area contributed by atoms with Crippen molar-refractivity contribution in [2.45, 2.75) is 31.4 Å². The summed E-state index contributed by atoms with van der Waals surface area (Å²) in [7, 11) is 0. The summed E-state index contributed by atoms with van der Waals surface area (Å²) in [6, 6.07) is 6.70. The highest BCUT2D eigenvalue weighted by molar-refractivity contribution is 9.10. The Kier molecular flexibility index (Phi) is 5.14. The fourth-order valence-corrected chi connectivity index (χ4v) is 2.49. The molecule has 0 heterocycles. The normalized spacial score (nSPS) is 21.5. The summed E-state index contributed by atoms with van der Waals surface area (Å²) in [5.41, 5.74) is 0.502. The number of aliphatic hydroxyl groups is 1. The van der Waals surface area contributed by atoms with Crippen LogP contribution in [0.15, 0.2) is 28.7 Å². The van der Waals surface area contributed by atoms with E-state index in [4.69, 9.17) is 0 Å². The number of benzene rings is 1. The zero-order valence-electron chi connectivity index (χ0n) is 10.9. The minimum absolute atomic E-state index is 0.0852. The van der Waals surface area contributed by atoms with Gasteiger partial charge in [-0.25, -0.2) is 0 Å². The summed E-state index contributed by atoms with van der Waals surface area (Å²) in [6.07, 6.45) is 1.95. The summed E-state index contributed by atoms with van der Waals surface area (Å²) in [5.74, 6) is -0.568. The van der Waals surface area contributed by atoms with Gasteiger partial charge >= 0.3 is 0 Å². The second kappa shape index (κ2) is 6.85. The first-order valence-corrected chi connectivity index (χ1v) is 7.37. The lowest BCUT2D eigenvalue weighted by Crippen LogP contribution is -2.44. The molecular formula is C14H17BrN2O3. The zero-order valence-corrected chi connectivity index (χ0v) is 12.5. The van der Waals surface area contributed by atoms with Gasteiger partial charge in [0.15, 0.2) is 0 Å². The zero-order chi connectivity index (χ0) is 14.5. The molecule has 2 atom stereocenters. The minimum atomic E-state index is -0.471. The molecule has 2 rings (SSSR count). The van der Waals surface area contributed by atoms with E-state index in [1.165, 1.54) is 0 Å². The second-order valence-electron chi connectivity index (χ2n) is 4.86. The number of hydrogen-bond acceptors (Lipinski definition) is 3. The fourth-order valence-electron chi connectivity index (χ4n) is 2.23. The van der Waals surface area contributed by atoms with E-state index in [-0.39, 0.29) is 24.4 Å². The van der Waals surface area contributed by atoms with Gasteiger partial charge < -0.3 is 15.7 Å². The maximum atomic E-state index is 11.8. The molecule has 0 radical (unpaired) electrons. The van der Waals surface area contributed by atoms with Crippen LogP contribution in [0.25, 0.3) is 0 Å². The lowest BCUT2D eigenvalue weighted by Gasteiger charge is -2.16. The van der Waals surface area contributed by atoms with Gasteiger partial charge in [-0.1, -0.05) is 15.9 Å². The van der Waals surface area contributed by atoms with Gasteiger partial charge in [0.2, 0.25) is 5.91 Å². The monoisotopic (exact) mass is 340 g/mol. The van der Waals surface area contributed by atoms with Gasteiger partial charge in [-0.15, -0.1) is 0 Å². The number of halogens is 1. The fraction of sp³-hybridized carbons (Fsp3) is 0.429. The van der Waals surface area contributed by atoms with Gasteiger partial charge in [0.1, 0.15) is 0 Å². The van der Waals surface area contributed by atoms with Gasteiger partial charge in [-0.2, -0.15) is 0 Å². The largest absolute Gasteiger partial charge is 0.391 e. The first-order valence-electron chi connectivity index (χ1n) is 6.57. The van der Waals surface area contributed by atoms with E-state index in [0.29, 0.717) is 5.56 Å². The maximum absolute atomic E-state index is 11.8. The van der Waals surface area contributed by atoms with Crippen LogP contribution < -0.4 is 10.6 Å². The van der Waals surface area contributed by atoms with E-state index in [2.05, 4.69) is 26.6 Å². The van der Waals surface area contributed by atoms with E-state index in [0.717, 1.165) is 23.7 Å². The van der Waals surface area contributed by atoms with Crippen molar-refractivity contribution in [2.75, 3.05) is 6.54 Å². The summed E-state index contributed by atoms with van der Waals surface area (Å²) in [5, 5.41) is 14.9. The Hall–Kier alpha value is -1.40. The van der Waals surface area contributed by atoms with Crippen molar-refractivity contribution in [2.24, 2.45) is 0 Å². The smallest absolute Gasteiger partial charge is 0.251 e. The molecule has 0 bridgehead atoms. The lowest BCUT2D eigenvalue weighted by atomic mass is 10.2. The maximum Gasteiger partial charge on any atom is 0.251 e. The van der Waals surface area contributed by atoms with Crippen LogP contribution in [-0.4, -0.2) is 35.6 Å². The third-order valence-corrected chi connectivity index (χ3v) is 3.87. The Morgan fingerprint density at radius 2 is 1.95 bits per heavy atom. The molecule has 108 valence electrons. The van der Waals surface area contributed by atoms with Crippen molar-refractivity contribution in [1.29, 1.82) is 0 Å². The molecule has 3 N–H and O–H groups in total. The predicted molar refractivity (Wildman–Crippen MR) is 78.3 cm³/mol. The molecule has 2 amide bonds. The molecular weight excluding hydrogens is 324 g/mol. The van der Waals surface area contributed by atoms with Crippen LogP contribution in [0.5, 0.6) is 0 Å². The van der Waals surface area contributed by atoms with Gasteiger partial charge in [0, 0.05) is 10.0 Å². The third kappa shape index (κ3) is 4.05. The Morgan fingerprint density at radius 1 is 1.25 bits per heavy atom. The average molecular weight is 341 g/mol. The van der Waals surface area contributed by atoms with Crippen molar-refractivity contribution in [3.63, 3.8) is 0 Å². The van der Waals surface area contributed by atoms with Crippen LogP contribution >= 0.6 is 15.9 Å². The molecule has 0 unspecified atom stereocenters. The molecule has 1 aliphatic carbocycles. The van der Waals surface area contributed by atoms with Crippen LogP contribution in [0, 0.1) is 0 Å². The van der Waals surface area contributed by atoms with Gasteiger partial charge in [-0.3, -0.25) is 9.59 Å². The topological polar surface area (TPSA) is 78.4 Å². The highest BCUT2D eigenvalue weighted by atomic mass is 79.9. The van der Waals surface area contributed by atoms with Crippen LogP contribution in [-0.2, 0) is 4.79 Å². The second-order valence-corrected chi connectivity index (χ2v) is 5.78. The number of rotatable bonds is 4. The highest BCUT2D eigenvalue weighted by Gasteiger charge is 2.26. The van der Waals surface area contributed by atoms with Crippen LogP contribution in [0.4, 0.5) is 0 Å². The average Bonchev–Trinajstić information content (AvgIpc) is 2.82. The predicted octanol–water partition coefficient (Wildman–Crippen LogP) is 1.21. The van der Waals surface area contributed by atoms with Crippen LogP contribution in [0.3, 0.4) is 0 Å². The number of aliphatic hydroxyl groups excluding tert-OH is 1. The standard InChI is InChI=1S/C14H17BrN2O3/c15-10-6-4-9(5-7-10)14(20)16-8-13(19)17-11-2-1-3-12(11)18/h4-7,11-12,18H,1-3,8H2,(H,16,20)(H,17,19)/t11-,12-/m1/s1. The van der Waals surface area contributed by atoms with Crippen LogP contribution in [0.1, 0.15) is 29.6 Å². The molecule has 20 heavy (non-hydrogen) atoms. The molecule has 1 aromatic carbocycles. The van der Waals surface area contributed by atoms with Crippen molar-refractivity contribution < 1.29 is 14.7 Å². The lowest BCUT2D eigenvalue weighted by molar-refractivity contribution is -0.121. The summed E-state index contributed by atoms with van der Waals surface area (Å²) in [4.78, 5) is 23.5. The molecule has 1 aliphatic rings. The third-order valence-electron chi connectivity index (χ3n) is 3.34. The molecule has 5 nitrogen and oxygen atoms in total. The van der Waals surface area contributed by atoms with Gasteiger partial charge in [0.05, 0.1) is 18.7 Å². The van der Waals surface area contributed by atoms with Crippen LogP contribution in [0.2, 0.25) is 0 Å². The SMILES string of the molecule is O=C(CNC(=O)c1ccc(Br)cc1)N[C@@H]1CCC[C@H]1O. The number of carbonyl (C=O) groups excluding carboxylic acids is 2. The molecule has 1 fully saturated rings. The molecule has 1 aromatic rings. The minimum Gasteiger partial charge on any atom is -0.391 e. The van der Waals surface area contributed by atoms with Gasteiger partial charge in [0.25, 0.3) is 5.91 Å². The molecule has 6 heteroatoms. The summed E-state index contributed by atoms with van der Waals surface area (Å²) in [6.45, 7) is -0.0852. The Labute approximate surface area is 125 Å². The van der Waals surface area contributed by atoms with Crippen molar-refractivity contribution in [3.8, 4) is 0 Å². The summed E-state index contributed by atoms with van der Waals surface area (Å²) >= 11 is 3.29. The molecule has 0 saturated heterocycles. The number of amides is 2. The number of carbonyl (C=O) groups is 2. The van der Waals surface area contributed by atoms with E-state index in [1.807, 2.05) is 0 Å². The van der Waals surface area contributed by atoms with E-state index < -0.39 is 6.10 Å². The van der Waals surface area contributed by atoms with E-state index in [1.54, 1.807) is 24.3 Å². The molecule has 1 saturated carbocycles. The highest BCUT2D eigenvalue weighted by Crippen LogP contribution is 2.18. The van der Waals surface area contributed by atoms with Crippen molar-refractivity contribution in [3.05, 3.63) is 34.3 Å². The number of hydrogen-bond donors (Lipinski definition) is 3. The Morgan fingerprint density at radius 3 is 2.55 bits per heavy atom. The van der Waals surface area contributed by atoms with Crippen molar-refractivity contribution >= 4 is 27.7 Å². The van der Waals surface area contributed by atoms with Crippen molar-refractivity contribution in [1.82, 2.24) is 10.6 Å². The Bertz CT molecular complexity index is 490. The van der Waals surface area contributed by atoms with Gasteiger partial charge in [-0.05, 0) is 43.5 Å². The first-order chi connectivity index (χ1) is 9.56. The number of nitrogens with one attached hydrogen (secondary N) is 2. The first kappa shape index (κ1) is 15.0. The van der Waals surface area contributed by atoms with E-state index >= 15 is 0 Å². The Balaban J connectivity index is 1.78. The quantitative estimate of drug-likeness (QED) is 0.770. The molecule has 0 aromatic heterocycles. The molecule has 0 aliphatic heterocycles. The van der Waals surface area contributed by atoms with E-state index in [9.17, 15) is 14.7 Å². The summed E-state index contributed by atoms with van der Waals surface area (Å²) < 4.78 is 0.891.